The molecule has 1 aliphatic heterocycles. The van der Waals surface area contributed by atoms with Crippen molar-refractivity contribution in [1.82, 2.24) is 4.90 Å². The maximum absolute atomic E-state index is 14.3. The number of imide groups is 1. The molecule has 5 nitrogen and oxygen atoms in total. The second-order valence-electron chi connectivity index (χ2n) is 7.32. The van der Waals surface area contributed by atoms with Gasteiger partial charge in [0.25, 0.3) is 11.8 Å². The summed E-state index contributed by atoms with van der Waals surface area (Å²) >= 11 is 0. The van der Waals surface area contributed by atoms with E-state index in [9.17, 15) is 14.0 Å². The molecule has 0 aliphatic carbocycles. The predicted molar refractivity (Wildman–Crippen MR) is 121 cm³/mol. The molecule has 0 atom stereocenters. The molecule has 1 aliphatic rings. The van der Waals surface area contributed by atoms with Crippen LogP contribution < -0.4 is 9.64 Å². The molecule has 0 spiro atoms. The van der Waals surface area contributed by atoms with Crippen molar-refractivity contribution >= 4 is 23.1 Å². The second-order valence-corrected chi connectivity index (χ2v) is 7.32. The van der Waals surface area contributed by atoms with Gasteiger partial charge in [-0.25, -0.2) is 4.39 Å². The number of nitrogens with zero attached hydrogens (tertiary/aromatic N) is 2. The Morgan fingerprint density at radius 1 is 0.875 bits per heavy atom. The number of para-hydroxylation sites is 1. The zero-order chi connectivity index (χ0) is 22.7. The van der Waals surface area contributed by atoms with Gasteiger partial charge < -0.3 is 9.64 Å². The minimum Gasteiger partial charge on any atom is -0.497 e. The third-order valence-electron chi connectivity index (χ3n) is 5.46. The minimum absolute atomic E-state index is 0.139. The van der Waals surface area contributed by atoms with Crippen LogP contribution >= 0.6 is 0 Å². The molecule has 0 aromatic heterocycles. The number of anilines is 1. The molecule has 2 amide bonds. The SMILES string of the molecule is CCN(C1=C(c2ccc(OC)cc2)C(=O)N(Cc2ccccc2F)C1=O)c1ccccc1. The van der Waals surface area contributed by atoms with Crippen LogP contribution in [-0.2, 0) is 16.1 Å². The molecule has 4 rings (SSSR count). The summed E-state index contributed by atoms with van der Waals surface area (Å²) in [4.78, 5) is 30.0. The first-order chi connectivity index (χ1) is 15.5. The molecule has 0 bridgehead atoms. The Kier molecular flexibility index (Phi) is 6.03. The van der Waals surface area contributed by atoms with Crippen molar-refractivity contribution in [2.24, 2.45) is 0 Å². The molecule has 0 fully saturated rings. The van der Waals surface area contributed by atoms with Gasteiger partial charge in [0.1, 0.15) is 17.3 Å². The van der Waals surface area contributed by atoms with Crippen molar-refractivity contribution in [3.05, 3.63) is 102 Å². The van der Waals surface area contributed by atoms with E-state index in [0.717, 1.165) is 10.6 Å². The summed E-state index contributed by atoms with van der Waals surface area (Å²) in [6.07, 6.45) is 0. The summed E-state index contributed by atoms with van der Waals surface area (Å²) in [5.74, 6) is -0.711. The van der Waals surface area contributed by atoms with E-state index in [4.69, 9.17) is 4.74 Å². The Balaban J connectivity index is 1.82. The van der Waals surface area contributed by atoms with Gasteiger partial charge >= 0.3 is 0 Å². The summed E-state index contributed by atoms with van der Waals surface area (Å²) < 4.78 is 19.5. The molecule has 3 aromatic carbocycles. The topological polar surface area (TPSA) is 49.9 Å². The number of methoxy groups -OCH3 is 1. The average molecular weight is 430 g/mol. The Bertz CT molecular complexity index is 1170. The largest absolute Gasteiger partial charge is 0.497 e. The lowest BCUT2D eigenvalue weighted by Gasteiger charge is -2.25. The van der Waals surface area contributed by atoms with Gasteiger partial charge in [-0.15, -0.1) is 0 Å². The predicted octanol–water partition coefficient (Wildman–Crippen LogP) is 4.64. The van der Waals surface area contributed by atoms with Crippen molar-refractivity contribution in [1.29, 1.82) is 0 Å². The fraction of sp³-hybridized carbons (Fsp3) is 0.154. The Hall–Kier alpha value is -3.93. The number of likely N-dealkylation sites (N-methyl/N-ethyl adjacent to an activating group) is 1. The van der Waals surface area contributed by atoms with Gasteiger partial charge in [0, 0.05) is 17.8 Å². The van der Waals surface area contributed by atoms with E-state index in [1.807, 2.05) is 42.2 Å². The number of ether oxygens (including phenoxy) is 1. The van der Waals surface area contributed by atoms with Crippen LogP contribution in [0.25, 0.3) is 5.57 Å². The van der Waals surface area contributed by atoms with Gasteiger partial charge in [0.15, 0.2) is 0 Å². The summed E-state index contributed by atoms with van der Waals surface area (Å²) in [5.41, 5.74) is 2.26. The van der Waals surface area contributed by atoms with Crippen LogP contribution in [0.1, 0.15) is 18.1 Å². The molecule has 0 saturated carbocycles. The normalized spacial score (nSPS) is 13.7. The van der Waals surface area contributed by atoms with E-state index in [1.165, 1.54) is 6.07 Å². The van der Waals surface area contributed by atoms with Crippen molar-refractivity contribution in [2.45, 2.75) is 13.5 Å². The molecule has 0 unspecified atom stereocenters. The fourth-order valence-corrected chi connectivity index (χ4v) is 3.85. The number of carbonyl (C=O) groups excluding carboxylic acids is 2. The smallest absolute Gasteiger partial charge is 0.278 e. The zero-order valence-electron chi connectivity index (χ0n) is 17.9. The maximum atomic E-state index is 14.3. The summed E-state index contributed by atoms with van der Waals surface area (Å²) in [5, 5.41) is 0. The number of rotatable bonds is 7. The number of benzene rings is 3. The van der Waals surface area contributed by atoms with Gasteiger partial charge in [0.05, 0.1) is 19.2 Å². The van der Waals surface area contributed by atoms with Crippen LogP contribution in [0.15, 0.2) is 84.6 Å². The molecule has 0 saturated heterocycles. The van der Waals surface area contributed by atoms with Gasteiger partial charge in [-0.3, -0.25) is 14.5 Å². The van der Waals surface area contributed by atoms with Crippen LogP contribution in [-0.4, -0.2) is 30.4 Å². The zero-order valence-corrected chi connectivity index (χ0v) is 17.9. The first kappa shape index (κ1) is 21.3. The van der Waals surface area contributed by atoms with E-state index >= 15 is 0 Å². The highest BCUT2D eigenvalue weighted by Crippen LogP contribution is 2.35. The molecule has 0 radical (unpaired) electrons. The third-order valence-corrected chi connectivity index (χ3v) is 5.46. The molecule has 162 valence electrons. The monoisotopic (exact) mass is 430 g/mol. The van der Waals surface area contributed by atoms with Crippen molar-refractivity contribution in [3.63, 3.8) is 0 Å². The highest BCUT2D eigenvalue weighted by atomic mass is 19.1. The number of hydrogen-bond acceptors (Lipinski definition) is 4. The molecule has 3 aromatic rings. The molecule has 1 heterocycles. The van der Waals surface area contributed by atoms with Gasteiger partial charge in [-0.2, -0.15) is 0 Å². The Morgan fingerprint density at radius 3 is 2.16 bits per heavy atom. The second kappa shape index (κ2) is 9.06. The van der Waals surface area contributed by atoms with Crippen LogP contribution in [0.2, 0.25) is 0 Å². The Morgan fingerprint density at radius 2 is 1.53 bits per heavy atom. The van der Waals surface area contributed by atoms with Crippen LogP contribution in [0.3, 0.4) is 0 Å². The van der Waals surface area contributed by atoms with Crippen LogP contribution in [0.5, 0.6) is 5.75 Å². The summed E-state index contributed by atoms with van der Waals surface area (Å²) in [6.45, 7) is 2.26. The fourth-order valence-electron chi connectivity index (χ4n) is 3.85. The maximum Gasteiger partial charge on any atom is 0.278 e. The molecule has 0 N–H and O–H groups in total. The quantitative estimate of drug-likeness (QED) is 0.513. The highest BCUT2D eigenvalue weighted by molar-refractivity contribution is 6.36. The van der Waals surface area contributed by atoms with E-state index in [-0.39, 0.29) is 17.8 Å². The van der Waals surface area contributed by atoms with Gasteiger partial charge in [-0.1, -0.05) is 48.5 Å². The highest BCUT2D eigenvalue weighted by Gasteiger charge is 2.41. The van der Waals surface area contributed by atoms with E-state index in [0.29, 0.717) is 23.4 Å². The van der Waals surface area contributed by atoms with E-state index in [2.05, 4.69) is 0 Å². The molecular formula is C26H23FN2O3. The summed E-state index contributed by atoms with van der Waals surface area (Å²) in [6, 6.07) is 22.6. The van der Waals surface area contributed by atoms with Gasteiger partial charge in [0.2, 0.25) is 0 Å². The van der Waals surface area contributed by atoms with Crippen molar-refractivity contribution in [3.8, 4) is 5.75 Å². The van der Waals surface area contributed by atoms with Crippen molar-refractivity contribution in [2.75, 3.05) is 18.6 Å². The third kappa shape index (κ3) is 3.87. The van der Waals surface area contributed by atoms with E-state index < -0.39 is 17.6 Å². The van der Waals surface area contributed by atoms with Crippen molar-refractivity contribution < 1.29 is 18.7 Å². The number of halogens is 1. The number of amides is 2. The number of carbonyl (C=O) groups is 2. The lowest BCUT2D eigenvalue weighted by Crippen LogP contribution is -2.35. The molecular weight excluding hydrogens is 407 g/mol. The standard InChI is InChI=1S/C26H23FN2O3/c1-3-28(20-10-5-4-6-11-20)24-23(18-13-15-21(32-2)16-14-18)25(30)29(26(24)31)17-19-9-7-8-12-22(19)27/h4-16H,3,17H2,1-2H3. The molecule has 32 heavy (non-hydrogen) atoms. The van der Waals surface area contributed by atoms with Gasteiger partial charge in [-0.05, 0) is 42.8 Å². The summed E-state index contributed by atoms with van der Waals surface area (Å²) in [7, 11) is 1.56. The lowest BCUT2D eigenvalue weighted by atomic mass is 10.0. The Labute approximate surface area is 186 Å². The number of hydrogen-bond donors (Lipinski definition) is 0. The first-order valence-corrected chi connectivity index (χ1v) is 10.4. The minimum atomic E-state index is -0.456. The molecule has 6 heteroatoms. The first-order valence-electron chi connectivity index (χ1n) is 10.4. The average Bonchev–Trinajstić information content (AvgIpc) is 3.06. The van der Waals surface area contributed by atoms with E-state index in [1.54, 1.807) is 49.6 Å². The van der Waals surface area contributed by atoms with Crippen LogP contribution in [0.4, 0.5) is 10.1 Å². The lowest BCUT2D eigenvalue weighted by molar-refractivity contribution is -0.137. The van der Waals surface area contributed by atoms with Crippen LogP contribution in [0, 0.1) is 5.82 Å².